The van der Waals surface area contributed by atoms with Gasteiger partial charge in [0.1, 0.15) is 0 Å². The van der Waals surface area contributed by atoms with Crippen LogP contribution in [0.3, 0.4) is 0 Å². The summed E-state index contributed by atoms with van der Waals surface area (Å²) in [6.45, 7) is -0.639. The number of aromatic nitrogens is 1. The molecule has 1 heterocycles. The number of hydrogen-bond donors (Lipinski definition) is 0. The summed E-state index contributed by atoms with van der Waals surface area (Å²) < 4.78 is 27.9. The molecule has 0 saturated heterocycles. The van der Waals surface area contributed by atoms with Crippen LogP contribution in [-0.4, -0.2) is 11.6 Å². The van der Waals surface area contributed by atoms with Gasteiger partial charge in [0.05, 0.1) is 0 Å². The van der Waals surface area contributed by atoms with E-state index in [0.29, 0.717) is 5.92 Å². The summed E-state index contributed by atoms with van der Waals surface area (Å²) in [4.78, 5) is 3.85. The summed E-state index contributed by atoms with van der Waals surface area (Å²) in [5, 5.41) is 0. The number of pyridine rings is 1. The average Bonchev–Trinajstić information content (AvgIpc) is 2.97. The van der Waals surface area contributed by atoms with Crippen LogP contribution in [0.25, 0.3) is 0 Å². The zero-order valence-corrected chi connectivity index (χ0v) is 8.49. The van der Waals surface area contributed by atoms with Gasteiger partial charge in [0.25, 0.3) is 0 Å². The first-order valence-electron chi connectivity index (χ1n) is 5.11. The summed E-state index contributed by atoms with van der Waals surface area (Å²) in [6, 6.07) is 3.33. The number of nitrogens with zero attached hydrogens (tertiary/aromatic N) is 1. The Morgan fingerprint density at radius 2 is 2.33 bits per heavy atom. The Bertz CT molecular complexity index is 326. The van der Waals surface area contributed by atoms with Gasteiger partial charge in [-0.05, 0) is 23.8 Å². The second-order valence-electron chi connectivity index (χ2n) is 3.82. The molecule has 2 nitrogen and oxygen atoms in total. The molecule has 1 aromatic heterocycles. The minimum Gasteiger partial charge on any atom is -0.417 e. The minimum atomic E-state index is -2.80. The fourth-order valence-electron chi connectivity index (χ4n) is 1.88. The lowest BCUT2D eigenvalue weighted by molar-refractivity contribution is -0.0528. The lowest BCUT2D eigenvalue weighted by atomic mass is 10.1. The minimum absolute atomic E-state index is 0.0116. The van der Waals surface area contributed by atoms with Crippen molar-refractivity contribution in [3.05, 3.63) is 23.9 Å². The summed E-state index contributed by atoms with van der Waals surface area (Å²) in [7, 11) is 0. The van der Waals surface area contributed by atoms with Crippen LogP contribution in [0.5, 0.6) is 5.88 Å². The Morgan fingerprint density at radius 1 is 1.53 bits per heavy atom. The maximum absolute atomic E-state index is 11.8. The van der Waals surface area contributed by atoms with Crippen molar-refractivity contribution in [1.29, 1.82) is 0 Å². The molecule has 0 amide bonds. The second kappa shape index (κ2) is 4.13. The van der Waals surface area contributed by atoms with E-state index in [1.54, 1.807) is 6.20 Å². The van der Waals surface area contributed by atoms with Gasteiger partial charge in [0.15, 0.2) is 0 Å². The van der Waals surface area contributed by atoms with Crippen LogP contribution < -0.4 is 4.74 Å². The Kier molecular flexibility index (Phi) is 2.84. The van der Waals surface area contributed by atoms with E-state index in [1.807, 2.05) is 6.07 Å². The molecule has 0 aromatic carbocycles. The second-order valence-corrected chi connectivity index (χ2v) is 3.82. The molecule has 2 rings (SSSR count). The molecule has 1 saturated carbocycles. The van der Waals surface area contributed by atoms with E-state index < -0.39 is 6.61 Å². The molecule has 0 spiro atoms. The van der Waals surface area contributed by atoms with Crippen molar-refractivity contribution in [2.45, 2.75) is 32.3 Å². The van der Waals surface area contributed by atoms with Crippen molar-refractivity contribution in [3.8, 4) is 5.88 Å². The average molecular weight is 213 g/mol. The van der Waals surface area contributed by atoms with E-state index in [4.69, 9.17) is 0 Å². The van der Waals surface area contributed by atoms with Gasteiger partial charge in [-0.3, -0.25) is 0 Å². The van der Waals surface area contributed by atoms with Gasteiger partial charge in [-0.1, -0.05) is 19.4 Å². The molecule has 82 valence electrons. The molecular weight excluding hydrogens is 200 g/mol. The van der Waals surface area contributed by atoms with Crippen molar-refractivity contribution < 1.29 is 13.5 Å². The van der Waals surface area contributed by atoms with Gasteiger partial charge >= 0.3 is 6.61 Å². The van der Waals surface area contributed by atoms with Crippen molar-refractivity contribution in [2.24, 2.45) is 5.92 Å². The van der Waals surface area contributed by atoms with E-state index in [0.717, 1.165) is 11.5 Å². The van der Waals surface area contributed by atoms with Crippen LogP contribution in [0.1, 0.15) is 31.2 Å². The fraction of sp³-hybridized carbons (Fsp3) is 0.545. The zero-order chi connectivity index (χ0) is 10.8. The van der Waals surface area contributed by atoms with E-state index in [9.17, 15) is 8.78 Å². The number of halogens is 2. The number of ether oxygens (including phenoxy) is 1. The first kappa shape index (κ1) is 10.3. The fourth-order valence-corrected chi connectivity index (χ4v) is 1.88. The smallest absolute Gasteiger partial charge is 0.388 e. The zero-order valence-electron chi connectivity index (χ0n) is 8.49. The first-order valence-corrected chi connectivity index (χ1v) is 5.11. The maximum atomic E-state index is 11.8. The van der Waals surface area contributed by atoms with Crippen LogP contribution in [-0.2, 0) is 0 Å². The van der Waals surface area contributed by atoms with Gasteiger partial charge in [-0.15, -0.1) is 0 Å². The van der Waals surface area contributed by atoms with Crippen LogP contribution in [0.2, 0.25) is 0 Å². The molecule has 2 atom stereocenters. The monoisotopic (exact) mass is 213 g/mol. The third-order valence-corrected chi connectivity index (χ3v) is 2.84. The molecule has 1 fully saturated rings. The van der Waals surface area contributed by atoms with Crippen molar-refractivity contribution in [3.63, 3.8) is 0 Å². The SMILES string of the molecule is CC[C@H]1C[C@@H]1c1ccc(OC(F)F)nc1. The molecule has 1 aromatic rings. The van der Waals surface area contributed by atoms with Crippen molar-refractivity contribution in [2.75, 3.05) is 0 Å². The van der Waals surface area contributed by atoms with E-state index >= 15 is 0 Å². The van der Waals surface area contributed by atoms with Gasteiger partial charge in [0.2, 0.25) is 5.88 Å². The Labute approximate surface area is 87.3 Å². The quantitative estimate of drug-likeness (QED) is 0.766. The Hall–Kier alpha value is -1.19. The summed E-state index contributed by atoms with van der Waals surface area (Å²) in [6.07, 6.45) is 3.99. The van der Waals surface area contributed by atoms with Crippen molar-refractivity contribution >= 4 is 0 Å². The van der Waals surface area contributed by atoms with Crippen LogP contribution in [0.15, 0.2) is 18.3 Å². The summed E-state index contributed by atoms with van der Waals surface area (Å²) >= 11 is 0. The largest absolute Gasteiger partial charge is 0.417 e. The highest BCUT2D eigenvalue weighted by molar-refractivity contribution is 5.26. The number of hydrogen-bond acceptors (Lipinski definition) is 2. The van der Waals surface area contributed by atoms with E-state index in [1.165, 1.54) is 18.9 Å². The third-order valence-electron chi connectivity index (χ3n) is 2.84. The predicted molar refractivity (Wildman–Crippen MR) is 52.0 cm³/mol. The van der Waals surface area contributed by atoms with Gasteiger partial charge in [-0.2, -0.15) is 8.78 Å². The molecule has 0 aliphatic heterocycles. The molecule has 1 aliphatic rings. The molecule has 1 aliphatic carbocycles. The highest BCUT2D eigenvalue weighted by Gasteiger charge is 2.36. The molecule has 0 N–H and O–H groups in total. The van der Waals surface area contributed by atoms with Gasteiger partial charge in [-0.25, -0.2) is 4.98 Å². The van der Waals surface area contributed by atoms with Crippen molar-refractivity contribution in [1.82, 2.24) is 4.98 Å². The summed E-state index contributed by atoms with van der Waals surface area (Å²) in [5.41, 5.74) is 1.13. The highest BCUT2D eigenvalue weighted by Crippen LogP contribution is 2.49. The molecule has 4 heteroatoms. The normalized spacial score (nSPS) is 24.3. The Morgan fingerprint density at radius 3 is 2.80 bits per heavy atom. The molecule has 0 bridgehead atoms. The van der Waals surface area contributed by atoms with E-state index in [2.05, 4.69) is 16.6 Å². The third kappa shape index (κ3) is 2.43. The van der Waals surface area contributed by atoms with Gasteiger partial charge in [0, 0.05) is 12.3 Å². The molecular formula is C11H13F2NO. The maximum Gasteiger partial charge on any atom is 0.388 e. The van der Waals surface area contributed by atoms with Crippen LogP contribution in [0, 0.1) is 5.92 Å². The molecule has 0 unspecified atom stereocenters. The lowest BCUT2D eigenvalue weighted by Crippen LogP contribution is -2.03. The topological polar surface area (TPSA) is 22.1 Å². The van der Waals surface area contributed by atoms with Crippen LogP contribution >= 0.6 is 0 Å². The lowest BCUT2D eigenvalue weighted by Gasteiger charge is -2.04. The number of alkyl halides is 2. The first-order chi connectivity index (χ1) is 7.20. The highest BCUT2D eigenvalue weighted by atomic mass is 19.3. The number of rotatable bonds is 4. The Balaban J connectivity index is 1.99. The predicted octanol–water partition coefficient (Wildman–Crippen LogP) is 3.20. The summed E-state index contributed by atoms with van der Waals surface area (Å²) in [5.74, 6) is 1.30. The molecule has 15 heavy (non-hydrogen) atoms. The van der Waals surface area contributed by atoms with Gasteiger partial charge < -0.3 is 4.74 Å². The standard InChI is InChI=1S/C11H13F2NO/c1-2-7-5-9(7)8-3-4-10(14-6-8)15-11(12)13/h3-4,6-7,9,11H,2,5H2,1H3/t7-,9-/m0/s1. The molecule has 0 radical (unpaired) electrons. The van der Waals surface area contributed by atoms with E-state index in [-0.39, 0.29) is 5.88 Å². The van der Waals surface area contributed by atoms with Crippen LogP contribution in [0.4, 0.5) is 8.78 Å².